The van der Waals surface area contributed by atoms with Gasteiger partial charge in [0.05, 0.1) is 6.10 Å². The topological polar surface area (TPSA) is 38.7 Å². The lowest BCUT2D eigenvalue weighted by Crippen LogP contribution is -2.54. The van der Waals surface area contributed by atoms with Crippen LogP contribution in [0.3, 0.4) is 0 Å². The maximum Gasteiger partial charge on any atom is 0.130 e. The maximum atomic E-state index is 9.52. The maximum absolute atomic E-state index is 9.52. The van der Waals surface area contributed by atoms with E-state index in [2.05, 4.69) is 32.9 Å². The van der Waals surface area contributed by atoms with Gasteiger partial charge in [-0.3, -0.25) is 0 Å². The summed E-state index contributed by atoms with van der Waals surface area (Å²) in [5, 5.41) is 9.52. The molecule has 100 valence electrons. The van der Waals surface area contributed by atoms with Crippen molar-refractivity contribution in [1.29, 1.82) is 0 Å². The Hall–Kier alpha value is -1.06. The normalized spacial score (nSPS) is 27.1. The molecule has 18 heavy (non-hydrogen) atoms. The molecule has 3 nitrogen and oxygen atoms in total. The quantitative estimate of drug-likeness (QED) is 0.893. The van der Waals surface area contributed by atoms with Gasteiger partial charge in [0.15, 0.2) is 0 Å². The molecular formula is C15H22O3. The van der Waals surface area contributed by atoms with E-state index in [9.17, 15) is 5.11 Å². The summed E-state index contributed by atoms with van der Waals surface area (Å²) in [6, 6.07) is 6.18. The molecule has 0 heterocycles. The van der Waals surface area contributed by atoms with Crippen molar-refractivity contribution in [3.8, 4) is 5.75 Å². The fraction of sp³-hybridized carbons (Fsp3) is 0.600. The van der Waals surface area contributed by atoms with Gasteiger partial charge in [0, 0.05) is 13.5 Å². The molecule has 2 rings (SSSR count). The molecule has 0 saturated heterocycles. The van der Waals surface area contributed by atoms with E-state index in [0.717, 1.165) is 5.75 Å². The van der Waals surface area contributed by atoms with Gasteiger partial charge in [-0.2, -0.15) is 0 Å². The van der Waals surface area contributed by atoms with Crippen LogP contribution in [0, 0.1) is 6.92 Å². The highest BCUT2D eigenvalue weighted by atomic mass is 16.6. The van der Waals surface area contributed by atoms with Gasteiger partial charge < -0.3 is 14.6 Å². The first-order valence-electron chi connectivity index (χ1n) is 6.51. The van der Waals surface area contributed by atoms with Crippen LogP contribution in [0.25, 0.3) is 0 Å². The van der Waals surface area contributed by atoms with Crippen LogP contribution in [0.4, 0.5) is 0 Å². The zero-order valence-electron chi connectivity index (χ0n) is 11.5. The first-order chi connectivity index (χ1) is 8.52. The smallest absolute Gasteiger partial charge is 0.130 e. The van der Waals surface area contributed by atoms with Crippen molar-refractivity contribution in [1.82, 2.24) is 0 Å². The zero-order chi connectivity index (χ0) is 13.3. The van der Waals surface area contributed by atoms with Crippen LogP contribution in [-0.4, -0.2) is 30.5 Å². The molecule has 1 aliphatic carbocycles. The molecule has 1 aromatic rings. The fourth-order valence-electron chi connectivity index (χ4n) is 2.53. The highest BCUT2D eigenvalue weighted by Gasteiger charge is 2.42. The van der Waals surface area contributed by atoms with E-state index < -0.39 is 6.10 Å². The molecule has 1 saturated carbocycles. The van der Waals surface area contributed by atoms with Gasteiger partial charge in [-0.1, -0.05) is 19.9 Å². The summed E-state index contributed by atoms with van der Waals surface area (Å²) < 4.78 is 11.1. The third-order valence-electron chi connectivity index (χ3n) is 3.64. The predicted molar refractivity (Wildman–Crippen MR) is 71.1 cm³/mol. The minimum atomic E-state index is -0.393. The third kappa shape index (κ3) is 2.52. The molecular weight excluding hydrogens is 228 g/mol. The van der Waals surface area contributed by atoms with Gasteiger partial charge >= 0.3 is 0 Å². The van der Waals surface area contributed by atoms with Crippen molar-refractivity contribution >= 4 is 0 Å². The Balaban J connectivity index is 2.05. The lowest BCUT2D eigenvalue weighted by atomic mass is 9.88. The van der Waals surface area contributed by atoms with E-state index in [0.29, 0.717) is 12.3 Å². The number of ether oxygens (including phenoxy) is 2. The van der Waals surface area contributed by atoms with E-state index in [-0.39, 0.29) is 12.2 Å². The fourth-order valence-corrected chi connectivity index (χ4v) is 2.53. The SMILES string of the molecule is COC1C(O)CC1Oc1ccc(C(C)C)c(C)c1. The summed E-state index contributed by atoms with van der Waals surface area (Å²) in [4.78, 5) is 0. The van der Waals surface area contributed by atoms with Gasteiger partial charge in [0.25, 0.3) is 0 Å². The Morgan fingerprint density at radius 3 is 2.56 bits per heavy atom. The van der Waals surface area contributed by atoms with Gasteiger partial charge in [-0.05, 0) is 36.1 Å². The first-order valence-corrected chi connectivity index (χ1v) is 6.51. The van der Waals surface area contributed by atoms with Crippen molar-refractivity contribution in [3.05, 3.63) is 29.3 Å². The molecule has 0 radical (unpaired) electrons. The molecule has 1 N–H and O–H groups in total. The highest BCUT2D eigenvalue weighted by molar-refractivity contribution is 5.36. The van der Waals surface area contributed by atoms with Crippen LogP contribution in [0.1, 0.15) is 37.3 Å². The van der Waals surface area contributed by atoms with Crippen molar-refractivity contribution < 1.29 is 14.6 Å². The number of hydrogen-bond donors (Lipinski definition) is 1. The average Bonchev–Trinajstić information content (AvgIpc) is 2.28. The molecule has 1 aromatic carbocycles. The Morgan fingerprint density at radius 2 is 2.06 bits per heavy atom. The molecule has 0 aromatic heterocycles. The predicted octanol–water partition coefficient (Wildman–Crippen LogP) is 2.65. The third-order valence-corrected chi connectivity index (χ3v) is 3.64. The van der Waals surface area contributed by atoms with Crippen molar-refractivity contribution in [2.75, 3.05) is 7.11 Å². The Morgan fingerprint density at radius 1 is 1.33 bits per heavy atom. The summed E-state index contributed by atoms with van der Waals surface area (Å²) >= 11 is 0. The second kappa shape index (κ2) is 5.29. The molecule has 0 amide bonds. The van der Waals surface area contributed by atoms with Gasteiger partial charge in [0.2, 0.25) is 0 Å². The number of methoxy groups -OCH3 is 1. The summed E-state index contributed by atoms with van der Waals surface area (Å²) in [5.41, 5.74) is 2.59. The first kappa shape index (κ1) is 13.4. The monoisotopic (exact) mass is 250 g/mol. The molecule has 0 bridgehead atoms. The van der Waals surface area contributed by atoms with Gasteiger partial charge in [-0.25, -0.2) is 0 Å². The minimum Gasteiger partial charge on any atom is -0.488 e. The summed E-state index contributed by atoms with van der Waals surface area (Å²) in [7, 11) is 1.61. The Bertz CT molecular complexity index is 414. The summed E-state index contributed by atoms with van der Waals surface area (Å²) in [6.45, 7) is 6.48. The van der Waals surface area contributed by atoms with E-state index in [4.69, 9.17) is 9.47 Å². The number of rotatable bonds is 4. The van der Waals surface area contributed by atoms with E-state index in [1.54, 1.807) is 7.11 Å². The van der Waals surface area contributed by atoms with E-state index in [1.807, 2.05) is 6.07 Å². The van der Waals surface area contributed by atoms with Crippen LogP contribution in [-0.2, 0) is 4.74 Å². The summed E-state index contributed by atoms with van der Waals surface area (Å²) in [5.74, 6) is 1.38. The Kier molecular flexibility index (Phi) is 3.93. The van der Waals surface area contributed by atoms with Crippen LogP contribution >= 0.6 is 0 Å². The average molecular weight is 250 g/mol. The number of aliphatic hydroxyl groups is 1. The standard InChI is InChI=1S/C15H22O3/c1-9(2)12-6-5-11(7-10(12)3)18-14-8-13(16)15(14)17-4/h5-7,9,13-16H,8H2,1-4H3. The zero-order valence-corrected chi connectivity index (χ0v) is 11.5. The number of aryl methyl sites for hydroxylation is 1. The van der Waals surface area contributed by atoms with Crippen molar-refractivity contribution in [2.45, 2.75) is 51.4 Å². The molecule has 0 spiro atoms. The van der Waals surface area contributed by atoms with Gasteiger partial charge in [0.1, 0.15) is 18.0 Å². The van der Waals surface area contributed by atoms with Crippen molar-refractivity contribution in [3.63, 3.8) is 0 Å². The summed E-state index contributed by atoms with van der Waals surface area (Å²) in [6.07, 6.45) is 0.0177. The second-order valence-corrected chi connectivity index (χ2v) is 5.33. The number of hydrogen-bond acceptors (Lipinski definition) is 3. The second-order valence-electron chi connectivity index (χ2n) is 5.33. The minimum absolute atomic E-state index is 0.0331. The van der Waals surface area contributed by atoms with E-state index in [1.165, 1.54) is 11.1 Å². The van der Waals surface area contributed by atoms with Crippen LogP contribution in [0.15, 0.2) is 18.2 Å². The molecule has 3 unspecified atom stereocenters. The van der Waals surface area contributed by atoms with Crippen LogP contribution in [0.5, 0.6) is 5.75 Å². The largest absolute Gasteiger partial charge is 0.488 e. The molecule has 3 heteroatoms. The lowest BCUT2D eigenvalue weighted by Gasteiger charge is -2.40. The van der Waals surface area contributed by atoms with Crippen LogP contribution in [0.2, 0.25) is 0 Å². The number of benzene rings is 1. The molecule has 3 atom stereocenters. The molecule has 1 aliphatic rings. The lowest BCUT2D eigenvalue weighted by molar-refractivity contribution is -0.149. The van der Waals surface area contributed by atoms with Crippen LogP contribution < -0.4 is 4.74 Å². The number of aliphatic hydroxyl groups excluding tert-OH is 1. The van der Waals surface area contributed by atoms with E-state index >= 15 is 0 Å². The van der Waals surface area contributed by atoms with Crippen molar-refractivity contribution in [2.24, 2.45) is 0 Å². The molecule has 0 aliphatic heterocycles. The van der Waals surface area contributed by atoms with Gasteiger partial charge in [-0.15, -0.1) is 0 Å². The Labute approximate surface area is 109 Å². The molecule has 1 fully saturated rings. The highest BCUT2D eigenvalue weighted by Crippen LogP contribution is 2.30.